The summed E-state index contributed by atoms with van der Waals surface area (Å²) in [5.41, 5.74) is 2.77. The number of hydrogen-bond donors (Lipinski definition) is 0. The van der Waals surface area contributed by atoms with Crippen molar-refractivity contribution in [2.75, 3.05) is 13.2 Å². The van der Waals surface area contributed by atoms with Crippen LogP contribution in [0.1, 0.15) is 37.4 Å². The Kier molecular flexibility index (Phi) is 5.72. The number of nitriles is 1. The summed E-state index contributed by atoms with van der Waals surface area (Å²) in [7, 11) is 0. The van der Waals surface area contributed by atoms with E-state index in [2.05, 4.69) is 34.7 Å². The first-order valence-electron chi connectivity index (χ1n) is 9.62. The fourth-order valence-corrected chi connectivity index (χ4v) is 4.19. The van der Waals surface area contributed by atoms with Crippen LogP contribution in [0.5, 0.6) is 11.5 Å². The van der Waals surface area contributed by atoms with E-state index in [4.69, 9.17) is 14.7 Å². The van der Waals surface area contributed by atoms with Crippen molar-refractivity contribution in [3.05, 3.63) is 53.6 Å². The summed E-state index contributed by atoms with van der Waals surface area (Å²) in [4.78, 5) is 0. The standard InChI is InChI=1S/C22H22N4O2S/c1-15(2)26-21(18-8-9-19-20(12-18)28-11-3-10-27-19)24-25-22(26)29-14-17-6-4-16(13-23)5-7-17/h4-9,12,15H,3,10-11,14H2,1-2H3. The lowest BCUT2D eigenvalue weighted by molar-refractivity contribution is 0.297. The van der Waals surface area contributed by atoms with Crippen molar-refractivity contribution in [3.63, 3.8) is 0 Å². The Morgan fingerprint density at radius 3 is 2.55 bits per heavy atom. The van der Waals surface area contributed by atoms with Crippen LogP contribution in [0.4, 0.5) is 0 Å². The summed E-state index contributed by atoms with van der Waals surface area (Å²) in [6.45, 7) is 5.58. The van der Waals surface area contributed by atoms with Crippen molar-refractivity contribution >= 4 is 11.8 Å². The van der Waals surface area contributed by atoms with Crippen LogP contribution in [0.2, 0.25) is 0 Å². The predicted molar refractivity (Wildman–Crippen MR) is 112 cm³/mol. The van der Waals surface area contributed by atoms with Crippen molar-refractivity contribution in [1.82, 2.24) is 14.8 Å². The third-order valence-electron chi connectivity index (χ3n) is 4.64. The maximum absolute atomic E-state index is 8.94. The highest BCUT2D eigenvalue weighted by Crippen LogP contribution is 2.36. The normalized spacial score (nSPS) is 13.2. The van der Waals surface area contributed by atoms with Crippen LogP contribution in [0.3, 0.4) is 0 Å². The van der Waals surface area contributed by atoms with Crippen LogP contribution in [0.25, 0.3) is 11.4 Å². The van der Waals surface area contributed by atoms with Gasteiger partial charge in [-0.3, -0.25) is 4.57 Å². The molecule has 0 saturated carbocycles. The molecule has 0 atom stereocenters. The van der Waals surface area contributed by atoms with Gasteiger partial charge in [0.2, 0.25) is 0 Å². The van der Waals surface area contributed by atoms with Gasteiger partial charge in [-0.2, -0.15) is 5.26 Å². The highest BCUT2D eigenvalue weighted by molar-refractivity contribution is 7.98. The lowest BCUT2D eigenvalue weighted by Gasteiger charge is -2.15. The molecule has 0 spiro atoms. The van der Waals surface area contributed by atoms with Crippen molar-refractivity contribution in [3.8, 4) is 29.0 Å². The van der Waals surface area contributed by atoms with Crippen molar-refractivity contribution in [2.24, 2.45) is 0 Å². The number of hydrogen-bond acceptors (Lipinski definition) is 6. The molecule has 1 aliphatic rings. The van der Waals surface area contributed by atoms with E-state index in [1.165, 1.54) is 0 Å². The zero-order valence-corrected chi connectivity index (χ0v) is 17.3. The monoisotopic (exact) mass is 406 g/mol. The second kappa shape index (κ2) is 8.58. The summed E-state index contributed by atoms with van der Waals surface area (Å²) in [6.07, 6.45) is 0.877. The van der Waals surface area contributed by atoms with Gasteiger partial charge in [0.05, 0.1) is 24.8 Å². The molecule has 0 fully saturated rings. The fourth-order valence-electron chi connectivity index (χ4n) is 3.16. The van der Waals surface area contributed by atoms with Crippen molar-refractivity contribution in [2.45, 2.75) is 37.2 Å². The van der Waals surface area contributed by atoms with E-state index in [0.717, 1.165) is 45.8 Å². The number of nitrogens with zero attached hydrogens (tertiary/aromatic N) is 4. The molecule has 3 aromatic rings. The number of thioether (sulfide) groups is 1. The molecule has 4 rings (SSSR count). The molecular formula is C22H22N4O2S. The number of benzene rings is 2. The van der Waals surface area contributed by atoms with Gasteiger partial charge >= 0.3 is 0 Å². The van der Waals surface area contributed by atoms with Gasteiger partial charge in [-0.25, -0.2) is 0 Å². The molecule has 0 bridgehead atoms. The van der Waals surface area contributed by atoms with E-state index in [1.807, 2.05) is 42.5 Å². The maximum atomic E-state index is 8.94. The number of aromatic nitrogens is 3. The van der Waals surface area contributed by atoms with E-state index in [9.17, 15) is 0 Å². The van der Waals surface area contributed by atoms with Gasteiger partial charge in [0.25, 0.3) is 0 Å². The number of ether oxygens (including phenoxy) is 2. The van der Waals surface area contributed by atoms with Gasteiger partial charge < -0.3 is 9.47 Å². The maximum Gasteiger partial charge on any atom is 0.192 e. The third kappa shape index (κ3) is 4.22. The van der Waals surface area contributed by atoms with Crippen LogP contribution < -0.4 is 9.47 Å². The first-order chi connectivity index (χ1) is 14.2. The summed E-state index contributed by atoms with van der Waals surface area (Å²) in [5.74, 6) is 3.11. The lowest BCUT2D eigenvalue weighted by Crippen LogP contribution is -2.05. The Labute approximate surface area is 174 Å². The molecule has 0 saturated heterocycles. The van der Waals surface area contributed by atoms with Crippen LogP contribution in [0.15, 0.2) is 47.6 Å². The molecule has 7 heteroatoms. The third-order valence-corrected chi connectivity index (χ3v) is 5.65. The first kappa shape index (κ1) is 19.3. The largest absolute Gasteiger partial charge is 0.490 e. The molecule has 29 heavy (non-hydrogen) atoms. The molecule has 0 unspecified atom stereocenters. The van der Waals surface area contributed by atoms with E-state index in [-0.39, 0.29) is 6.04 Å². The second-order valence-electron chi connectivity index (χ2n) is 7.08. The van der Waals surface area contributed by atoms with Gasteiger partial charge in [-0.15, -0.1) is 10.2 Å². The number of fused-ring (bicyclic) bond motifs is 1. The molecule has 2 aromatic carbocycles. The Morgan fingerprint density at radius 2 is 1.83 bits per heavy atom. The number of rotatable bonds is 5. The molecular weight excluding hydrogens is 384 g/mol. The minimum atomic E-state index is 0.208. The average molecular weight is 407 g/mol. The Bertz CT molecular complexity index is 1040. The fraction of sp³-hybridized carbons (Fsp3) is 0.318. The van der Waals surface area contributed by atoms with Crippen LogP contribution >= 0.6 is 11.8 Å². The zero-order valence-electron chi connectivity index (χ0n) is 16.5. The molecule has 148 valence electrons. The molecule has 0 amide bonds. The molecule has 0 radical (unpaired) electrons. The van der Waals surface area contributed by atoms with E-state index in [0.29, 0.717) is 18.8 Å². The summed E-state index contributed by atoms with van der Waals surface area (Å²) in [6, 6.07) is 15.9. The van der Waals surface area contributed by atoms with Crippen molar-refractivity contribution in [1.29, 1.82) is 5.26 Å². The molecule has 1 aromatic heterocycles. The van der Waals surface area contributed by atoms with Crippen molar-refractivity contribution < 1.29 is 9.47 Å². The average Bonchev–Trinajstić information content (AvgIpc) is 3.03. The van der Waals surface area contributed by atoms with E-state index < -0.39 is 0 Å². The molecule has 2 heterocycles. The van der Waals surface area contributed by atoms with Gasteiger partial charge in [0, 0.05) is 23.8 Å². The summed E-state index contributed by atoms with van der Waals surface area (Å²) in [5, 5.41) is 18.7. The SMILES string of the molecule is CC(C)n1c(SCc2ccc(C#N)cc2)nnc1-c1ccc2c(c1)OCCCO2. The van der Waals surface area contributed by atoms with Gasteiger partial charge in [-0.1, -0.05) is 23.9 Å². The van der Waals surface area contributed by atoms with Crippen LogP contribution in [0, 0.1) is 11.3 Å². The Morgan fingerprint density at radius 1 is 1.07 bits per heavy atom. The highest BCUT2D eigenvalue weighted by atomic mass is 32.2. The van der Waals surface area contributed by atoms with E-state index >= 15 is 0 Å². The summed E-state index contributed by atoms with van der Waals surface area (Å²) < 4.78 is 13.7. The lowest BCUT2D eigenvalue weighted by atomic mass is 10.2. The van der Waals surface area contributed by atoms with Gasteiger partial charge in [0.15, 0.2) is 22.5 Å². The minimum Gasteiger partial charge on any atom is -0.490 e. The summed E-state index contributed by atoms with van der Waals surface area (Å²) >= 11 is 1.64. The minimum absolute atomic E-state index is 0.208. The van der Waals surface area contributed by atoms with Gasteiger partial charge in [0.1, 0.15) is 0 Å². The topological polar surface area (TPSA) is 73.0 Å². The highest BCUT2D eigenvalue weighted by Gasteiger charge is 2.19. The smallest absolute Gasteiger partial charge is 0.192 e. The first-order valence-corrected chi connectivity index (χ1v) is 10.6. The van der Waals surface area contributed by atoms with Gasteiger partial charge in [-0.05, 0) is 49.7 Å². The van der Waals surface area contributed by atoms with Crippen LogP contribution in [-0.4, -0.2) is 28.0 Å². The quantitative estimate of drug-likeness (QED) is 0.564. The zero-order chi connectivity index (χ0) is 20.2. The van der Waals surface area contributed by atoms with E-state index in [1.54, 1.807) is 11.8 Å². The Balaban J connectivity index is 1.59. The van der Waals surface area contributed by atoms with Crippen LogP contribution in [-0.2, 0) is 5.75 Å². The molecule has 0 aliphatic carbocycles. The molecule has 6 nitrogen and oxygen atoms in total. The Hall–Kier alpha value is -2.98. The predicted octanol–water partition coefficient (Wildman–Crippen LogP) is 4.85. The molecule has 0 N–H and O–H groups in total. The molecule has 1 aliphatic heterocycles. The second-order valence-corrected chi connectivity index (χ2v) is 8.02.